The molecule has 0 spiro atoms. The minimum absolute atomic E-state index is 0.0833. The fraction of sp³-hybridized carbons (Fsp3) is 0.233. The predicted octanol–water partition coefficient (Wildman–Crippen LogP) is 5.55. The van der Waals surface area contributed by atoms with Crippen LogP contribution in [-0.2, 0) is 23.8 Å². The molecule has 1 atom stereocenters. The number of ether oxygens (including phenoxy) is 3. The van der Waals surface area contributed by atoms with Crippen LogP contribution in [0.2, 0.25) is 0 Å². The lowest BCUT2D eigenvalue weighted by atomic mass is 9.94. The van der Waals surface area contributed by atoms with E-state index in [0.29, 0.717) is 29.9 Å². The first-order valence-corrected chi connectivity index (χ1v) is 12.1. The van der Waals surface area contributed by atoms with Gasteiger partial charge in [0.05, 0.1) is 12.7 Å². The minimum Gasteiger partial charge on any atom is -0.494 e. The summed E-state index contributed by atoms with van der Waals surface area (Å²) in [6, 6.07) is 0. The van der Waals surface area contributed by atoms with Crippen LogP contribution in [0.3, 0.4) is 0 Å². The SMILES string of the molecule is CCCC1=CC(C(=O)C2=CCC=C(OC)C(F)=C2)=C=CC=C1OC1=CC([C@@]2(C)OC(=O)NC2=O)=CC=C=C1. The topological polar surface area (TPSA) is 90.9 Å². The van der Waals surface area contributed by atoms with Gasteiger partial charge in [-0.25, -0.2) is 9.18 Å². The third-order valence-corrected chi connectivity index (χ3v) is 6.12. The molecule has 1 saturated heterocycles. The predicted molar refractivity (Wildman–Crippen MR) is 138 cm³/mol. The maximum Gasteiger partial charge on any atom is 0.415 e. The standard InChI is InChI=1S/C30H26FNO6/c1-4-9-19-16-20(27(33)21-11-8-15-26(36-3)24(31)17-21)10-7-14-25(19)37-23-13-6-5-12-22(18-23)30(2)28(34)32-29(35)38-30/h5,7,11-18H,4,8-9H2,1-3H3,(H,32,34,35)/t30-/m1/s1. The molecule has 1 heterocycles. The zero-order valence-corrected chi connectivity index (χ0v) is 21.2. The third kappa shape index (κ3) is 5.52. The summed E-state index contributed by atoms with van der Waals surface area (Å²) < 4.78 is 30.9. The Morgan fingerprint density at radius 2 is 1.97 bits per heavy atom. The number of methoxy groups -OCH3 is 1. The molecule has 7 nitrogen and oxygen atoms in total. The molecule has 0 unspecified atom stereocenters. The highest BCUT2D eigenvalue weighted by Crippen LogP contribution is 2.32. The summed E-state index contributed by atoms with van der Waals surface area (Å²) in [5.74, 6) is -0.698. The summed E-state index contributed by atoms with van der Waals surface area (Å²) in [5.41, 5.74) is 5.99. The Balaban J connectivity index is 1.60. The van der Waals surface area contributed by atoms with Gasteiger partial charge in [0.15, 0.2) is 11.6 Å². The van der Waals surface area contributed by atoms with Crippen molar-refractivity contribution in [1.82, 2.24) is 5.32 Å². The van der Waals surface area contributed by atoms with E-state index in [2.05, 4.69) is 16.8 Å². The van der Waals surface area contributed by atoms with E-state index in [-0.39, 0.29) is 22.7 Å². The van der Waals surface area contributed by atoms with E-state index >= 15 is 0 Å². The molecule has 8 heteroatoms. The number of hydrogen-bond acceptors (Lipinski definition) is 6. The molecule has 194 valence electrons. The fourth-order valence-corrected chi connectivity index (χ4v) is 4.10. The van der Waals surface area contributed by atoms with Crippen molar-refractivity contribution < 1.29 is 33.0 Å². The Morgan fingerprint density at radius 3 is 2.68 bits per heavy atom. The Morgan fingerprint density at radius 1 is 1.16 bits per heavy atom. The Hall–Kier alpha value is -4.64. The van der Waals surface area contributed by atoms with Gasteiger partial charge in [-0.2, -0.15) is 0 Å². The zero-order valence-electron chi connectivity index (χ0n) is 21.2. The average Bonchev–Trinajstić information content (AvgIpc) is 3.17. The normalized spacial score (nSPS) is 22.6. The van der Waals surface area contributed by atoms with Gasteiger partial charge in [0.25, 0.3) is 5.91 Å². The minimum atomic E-state index is -1.52. The maximum atomic E-state index is 14.5. The molecular formula is C30H26FNO6. The summed E-state index contributed by atoms with van der Waals surface area (Å²) in [4.78, 5) is 37.3. The van der Waals surface area contributed by atoms with Crippen LogP contribution in [-0.4, -0.2) is 30.5 Å². The van der Waals surface area contributed by atoms with Crippen LogP contribution in [0.25, 0.3) is 0 Å². The molecule has 0 aromatic carbocycles. The third-order valence-electron chi connectivity index (χ3n) is 6.12. The Bertz CT molecular complexity index is 1450. The zero-order chi connectivity index (χ0) is 27.3. The van der Waals surface area contributed by atoms with Crippen LogP contribution in [0, 0.1) is 0 Å². The molecule has 0 bridgehead atoms. The lowest BCUT2D eigenvalue weighted by molar-refractivity contribution is -0.127. The second-order valence-electron chi connectivity index (χ2n) is 8.79. The second kappa shape index (κ2) is 11.2. The Kier molecular flexibility index (Phi) is 7.77. The molecule has 1 aliphatic heterocycles. The monoisotopic (exact) mass is 515 g/mol. The number of hydrogen-bond donors (Lipinski definition) is 1. The molecule has 3 aliphatic carbocycles. The van der Waals surface area contributed by atoms with E-state index < -0.39 is 23.4 Å². The molecule has 2 amide bonds. The highest BCUT2D eigenvalue weighted by atomic mass is 19.1. The molecule has 1 N–H and O–H groups in total. The number of Topliss-reactive ketones (excluding diaryl/α,β-unsaturated/α-hetero) is 1. The van der Waals surface area contributed by atoms with Crippen LogP contribution >= 0.6 is 0 Å². The number of nitrogens with one attached hydrogen (secondary N) is 1. The van der Waals surface area contributed by atoms with Crippen LogP contribution in [0.5, 0.6) is 0 Å². The molecule has 4 aliphatic rings. The van der Waals surface area contributed by atoms with Crippen LogP contribution < -0.4 is 5.32 Å². The van der Waals surface area contributed by atoms with Crippen molar-refractivity contribution in [3.8, 4) is 0 Å². The summed E-state index contributed by atoms with van der Waals surface area (Å²) in [6.45, 7) is 3.49. The van der Waals surface area contributed by atoms with Gasteiger partial charge in [-0.1, -0.05) is 19.4 Å². The number of carbonyl (C=O) groups is 3. The number of imide groups is 1. The molecule has 0 radical (unpaired) electrons. The summed E-state index contributed by atoms with van der Waals surface area (Å²) >= 11 is 0. The van der Waals surface area contributed by atoms with Gasteiger partial charge in [-0.3, -0.25) is 14.9 Å². The van der Waals surface area contributed by atoms with E-state index in [1.165, 1.54) is 14.0 Å². The highest BCUT2D eigenvalue weighted by Gasteiger charge is 2.47. The molecule has 38 heavy (non-hydrogen) atoms. The number of alkyl carbamates (subject to hydrolysis) is 1. The van der Waals surface area contributed by atoms with Gasteiger partial charge in [0.2, 0.25) is 11.4 Å². The van der Waals surface area contributed by atoms with Gasteiger partial charge in [-0.05, 0) is 73.9 Å². The van der Waals surface area contributed by atoms with E-state index in [1.807, 2.05) is 6.92 Å². The summed E-state index contributed by atoms with van der Waals surface area (Å²) in [7, 11) is 1.37. The lowest BCUT2D eigenvalue weighted by Gasteiger charge is -2.21. The average molecular weight is 516 g/mol. The van der Waals surface area contributed by atoms with E-state index in [4.69, 9.17) is 14.2 Å². The summed E-state index contributed by atoms with van der Waals surface area (Å²) in [6.07, 6.45) is 16.6. The van der Waals surface area contributed by atoms with E-state index in [9.17, 15) is 18.8 Å². The first-order valence-electron chi connectivity index (χ1n) is 12.1. The number of rotatable bonds is 8. The highest BCUT2D eigenvalue weighted by molar-refractivity contribution is 6.12. The van der Waals surface area contributed by atoms with Crippen molar-refractivity contribution in [2.45, 2.75) is 38.7 Å². The van der Waals surface area contributed by atoms with Crippen LogP contribution in [0.4, 0.5) is 9.18 Å². The number of allylic oxidation sites excluding steroid dienone is 11. The maximum absolute atomic E-state index is 14.5. The number of halogens is 1. The molecule has 0 aromatic heterocycles. The van der Waals surface area contributed by atoms with Crippen LogP contribution in [0.1, 0.15) is 33.1 Å². The lowest BCUT2D eigenvalue weighted by Crippen LogP contribution is -2.37. The van der Waals surface area contributed by atoms with E-state index in [1.54, 1.807) is 54.7 Å². The number of cyclic esters (lactones) is 1. The van der Waals surface area contributed by atoms with Gasteiger partial charge in [0.1, 0.15) is 11.5 Å². The van der Waals surface area contributed by atoms with E-state index in [0.717, 1.165) is 18.1 Å². The van der Waals surface area contributed by atoms with Gasteiger partial charge >= 0.3 is 6.09 Å². The quantitative estimate of drug-likeness (QED) is 0.426. The first kappa shape index (κ1) is 26.4. The van der Waals surface area contributed by atoms with Gasteiger partial charge in [-0.15, -0.1) is 11.5 Å². The van der Waals surface area contributed by atoms with Gasteiger partial charge < -0.3 is 14.2 Å². The molecule has 1 fully saturated rings. The molecule has 4 rings (SSSR count). The van der Waals surface area contributed by atoms with Crippen molar-refractivity contribution >= 4 is 17.8 Å². The number of carbonyl (C=O) groups excluding carboxylic acids is 3. The van der Waals surface area contributed by atoms with Crippen molar-refractivity contribution in [2.75, 3.05) is 7.11 Å². The molecule has 0 saturated carbocycles. The first-order chi connectivity index (χ1) is 18.2. The van der Waals surface area contributed by atoms with Crippen molar-refractivity contribution in [3.05, 3.63) is 118 Å². The largest absolute Gasteiger partial charge is 0.494 e. The Labute approximate surface area is 219 Å². The van der Waals surface area contributed by atoms with Gasteiger partial charge in [0, 0.05) is 17.2 Å². The molecule has 0 aromatic rings. The number of amides is 2. The van der Waals surface area contributed by atoms with Crippen molar-refractivity contribution in [3.63, 3.8) is 0 Å². The van der Waals surface area contributed by atoms with Crippen molar-refractivity contribution in [2.24, 2.45) is 0 Å². The number of ketones is 1. The van der Waals surface area contributed by atoms with Crippen molar-refractivity contribution in [1.29, 1.82) is 0 Å². The van der Waals surface area contributed by atoms with Crippen LogP contribution in [0.15, 0.2) is 118 Å². The second-order valence-corrected chi connectivity index (χ2v) is 8.79. The summed E-state index contributed by atoms with van der Waals surface area (Å²) in [5, 5.41) is 2.14. The smallest absolute Gasteiger partial charge is 0.415 e. The molecular weight excluding hydrogens is 489 g/mol. The fourth-order valence-electron chi connectivity index (χ4n) is 4.10.